The fraction of sp³-hybridized carbons (Fsp3) is 0.158. The zero-order valence-corrected chi connectivity index (χ0v) is 21.9. The quantitative estimate of drug-likeness (QED) is 0.204. The zero-order chi connectivity index (χ0) is 20.3. The van der Waals surface area contributed by atoms with Crippen LogP contribution in [0.4, 0.5) is 5.69 Å². The van der Waals surface area contributed by atoms with Gasteiger partial charge < -0.3 is 33.0 Å². The van der Waals surface area contributed by atoms with Crippen molar-refractivity contribution in [3.8, 4) is 22.9 Å². The van der Waals surface area contributed by atoms with Crippen LogP contribution in [-0.2, 0) is 70.2 Å². The number of nitro benzene ring substituents is 1. The Morgan fingerprint density at radius 1 is 1.13 bits per heavy atom. The van der Waals surface area contributed by atoms with Crippen molar-refractivity contribution in [1.82, 2.24) is 9.97 Å². The van der Waals surface area contributed by atoms with Crippen LogP contribution in [0.1, 0.15) is 10.4 Å². The van der Waals surface area contributed by atoms with Gasteiger partial charge in [0.15, 0.2) is 11.5 Å². The van der Waals surface area contributed by atoms with Gasteiger partial charge in [-0.3, -0.25) is 10.1 Å². The summed E-state index contributed by atoms with van der Waals surface area (Å²) in [5.41, 5.74) is 1.16. The molecule has 2 radical (unpaired) electrons. The van der Waals surface area contributed by atoms with Crippen LogP contribution in [0.5, 0.6) is 11.5 Å². The van der Waals surface area contributed by atoms with E-state index in [1.165, 1.54) is 19.2 Å². The molecule has 0 unspecified atom stereocenters. The molecule has 2 aromatic carbocycles. The average molecular weight is 561 g/mol. The summed E-state index contributed by atoms with van der Waals surface area (Å²) in [6.45, 7) is 7.67. The molecule has 3 aromatic rings. The third kappa shape index (κ3) is 5.63. The first kappa shape index (κ1) is 26.6. The SMILES string of the molecule is [CH2-]COc1cc2nc(-c3ccc(C(=O)OC)cc3[N+](=O)[O-])[nH]c2cc1OC[CH2-].[Y].[Y]. The number of hydrogen-bond donors (Lipinski definition) is 1. The first-order valence-corrected chi connectivity index (χ1v) is 8.23. The molecule has 0 aliphatic rings. The summed E-state index contributed by atoms with van der Waals surface area (Å²) in [4.78, 5) is 30.1. The summed E-state index contributed by atoms with van der Waals surface area (Å²) in [5.74, 6) is 0.506. The van der Waals surface area contributed by atoms with E-state index in [4.69, 9.17) is 9.47 Å². The second-order valence-electron chi connectivity index (χ2n) is 5.58. The van der Waals surface area contributed by atoms with Crippen LogP contribution in [0.15, 0.2) is 30.3 Å². The Hall–Kier alpha value is -1.41. The number of nitro groups is 1. The number of nitrogens with zero attached hydrogens (tertiary/aromatic N) is 2. The minimum absolute atomic E-state index is 0. The summed E-state index contributed by atoms with van der Waals surface area (Å²) >= 11 is 0. The second kappa shape index (κ2) is 11.8. The number of aromatic nitrogens is 2. The molecule has 1 N–H and O–H groups in total. The minimum Gasteiger partial charge on any atom is -0.522 e. The summed E-state index contributed by atoms with van der Waals surface area (Å²) in [5, 5.41) is 11.5. The average Bonchev–Trinajstić information content (AvgIpc) is 3.10. The number of carbonyl (C=O) groups is 1. The number of nitrogens with one attached hydrogen (secondary N) is 1. The number of H-pyrrole nitrogens is 1. The maximum absolute atomic E-state index is 11.7. The summed E-state index contributed by atoms with van der Waals surface area (Å²) in [6, 6.07) is 7.37. The van der Waals surface area contributed by atoms with Gasteiger partial charge in [-0.25, -0.2) is 9.78 Å². The van der Waals surface area contributed by atoms with E-state index in [0.29, 0.717) is 22.5 Å². The third-order valence-corrected chi connectivity index (χ3v) is 3.93. The molecule has 0 saturated heterocycles. The zero-order valence-electron chi connectivity index (χ0n) is 16.2. The van der Waals surface area contributed by atoms with Crippen molar-refractivity contribution in [2.45, 2.75) is 0 Å². The van der Waals surface area contributed by atoms with Crippen molar-refractivity contribution < 1.29 is 89.3 Å². The molecule has 30 heavy (non-hydrogen) atoms. The van der Waals surface area contributed by atoms with Gasteiger partial charge in [0.2, 0.25) is 0 Å². The molecule has 1 heterocycles. The molecule has 1 aromatic heterocycles. The van der Waals surface area contributed by atoms with Gasteiger partial charge in [-0.05, 0) is 25.3 Å². The van der Waals surface area contributed by atoms with Crippen LogP contribution in [0.3, 0.4) is 0 Å². The van der Waals surface area contributed by atoms with Crippen molar-refractivity contribution in [1.29, 1.82) is 0 Å². The van der Waals surface area contributed by atoms with Gasteiger partial charge in [-0.15, -0.1) is 0 Å². The Morgan fingerprint density at radius 2 is 1.77 bits per heavy atom. The number of ether oxygens (including phenoxy) is 3. The van der Waals surface area contributed by atoms with Gasteiger partial charge in [0.1, 0.15) is 5.82 Å². The monoisotopic (exact) mass is 561 g/mol. The van der Waals surface area contributed by atoms with Crippen LogP contribution >= 0.6 is 0 Å². The van der Waals surface area contributed by atoms with Gasteiger partial charge in [0.25, 0.3) is 5.69 Å². The van der Waals surface area contributed by atoms with Crippen LogP contribution < -0.4 is 9.47 Å². The van der Waals surface area contributed by atoms with Gasteiger partial charge >= 0.3 is 5.97 Å². The number of methoxy groups -OCH3 is 1. The molecule has 0 saturated carbocycles. The first-order chi connectivity index (χ1) is 13.5. The van der Waals surface area contributed by atoms with E-state index in [-0.39, 0.29) is 101 Å². The minimum atomic E-state index is -0.663. The number of imidazole rings is 1. The molecule has 0 amide bonds. The Morgan fingerprint density at radius 3 is 2.33 bits per heavy atom. The number of carbonyl (C=O) groups excluding carboxylic acids is 1. The van der Waals surface area contributed by atoms with Gasteiger partial charge in [-0.1, -0.05) is 0 Å². The third-order valence-electron chi connectivity index (χ3n) is 3.93. The van der Waals surface area contributed by atoms with E-state index in [9.17, 15) is 14.9 Å². The molecule has 0 bridgehead atoms. The second-order valence-corrected chi connectivity index (χ2v) is 5.58. The predicted molar refractivity (Wildman–Crippen MR) is 101 cm³/mol. The maximum atomic E-state index is 11.7. The smallest absolute Gasteiger partial charge is 0.338 e. The van der Waals surface area contributed by atoms with Gasteiger partial charge in [0, 0.05) is 83.6 Å². The number of benzene rings is 2. The molecular weight excluding hydrogens is 544 g/mol. The summed E-state index contributed by atoms with van der Waals surface area (Å²) in [7, 11) is 1.21. The largest absolute Gasteiger partial charge is 0.522 e. The maximum Gasteiger partial charge on any atom is 0.338 e. The van der Waals surface area contributed by atoms with Crippen molar-refractivity contribution in [2.75, 3.05) is 20.3 Å². The summed E-state index contributed by atoms with van der Waals surface area (Å²) < 4.78 is 15.5. The molecular formula is C19H17N3O6Y2-2. The molecule has 3 rings (SSSR count). The first-order valence-electron chi connectivity index (χ1n) is 8.23. The molecule has 0 fully saturated rings. The van der Waals surface area contributed by atoms with E-state index in [1.54, 1.807) is 12.1 Å². The normalized spacial score (nSPS) is 9.97. The molecule has 11 heteroatoms. The number of fused-ring (bicyclic) bond motifs is 1. The number of rotatable bonds is 7. The Kier molecular flexibility index (Phi) is 10.5. The fourth-order valence-electron chi connectivity index (χ4n) is 2.72. The topological polar surface area (TPSA) is 117 Å². The number of esters is 1. The Balaban J connectivity index is 0.00000225. The van der Waals surface area contributed by atoms with Gasteiger partial charge in [0.05, 0.1) is 34.2 Å². The Bertz CT molecular complexity index is 1010. The van der Waals surface area contributed by atoms with E-state index >= 15 is 0 Å². The van der Waals surface area contributed by atoms with E-state index in [2.05, 4.69) is 28.6 Å². The van der Waals surface area contributed by atoms with Crippen molar-refractivity contribution in [3.05, 3.63) is 59.9 Å². The predicted octanol–water partition coefficient (Wildman–Crippen LogP) is 3.35. The van der Waals surface area contributed by atoms with E-state index in [0.717, 1.165) is 6.07 Å². The van der Waals surface area contributed by atoms with Crippen molar-refractivity contribution in [3.63, 3.8) is 0 Å². The molecule has 9 nitrogen and oxygen atoms in total. The van der Waals surface area contributed by atoms with Crippen LogP contribution in [0, 0.1) is 24.0 Å². The van der Waals surface area contributed by atoms with Crippen LogP contribution in [0.25, 0.3) is 22.4 Å². The van der Waals surface area contributed by atoms with Crippen molar-refractivity contribution >= 4 is 22.7 Å². The fourth-order valence-corrected chi connectivity index (χ4v) is 2.72. The van der Waals surface area contributed by atoms with Gasteiger partial charge in [-0.2, -0.15) is 0 Å². The van der Waals surface area contributed by atoms with E-state index < -0.39 is 10.9 Å². The molecule has 0 atom stereocenters. The standard InChI is InChI=1S/C19H17N3O6.2Y/c1-4-27-16-9-13-14(10-17(16)28-5-2)21-18(20-13)12-7-6-11(19(23)26-3)8-15(12)22(24)25;;/h6-10H,1-2,4-5H2,3H3,(H,20,21);;/q-2;;. The molecule has 152 valence electrons. The number of hydrogen-bond acceptors (Lipinski definition) is 7. The van der Waals surface area contributed by atoms with Crippen LogP contribution in [0.2, 0.25) is 0 Å². The molecule has 0 aliphatic carbocycles. The number of aromatic amines is 1. The summed E-state index contributed by atoms with van der Waals surface area (Å²) in [6.07, 6.45) is 0. The van der Waals surface area contributed by atoms with E-state index in [1.807, 2.05) is 0 Å². The molecule has 0 spiro atoms. The Labute approximate surface area is 223 Å². The van der Waals surface area contributed by atoms with Crippen molar-refractivity contribution in [2.24, 2.45) is 0 Å². The molecule has 0 aliphatic heterocycles. The van der Waals surface area contributed by atoms with Crippen LogP contribution in [-0.4, -0.2) is 41.2 Å².